The van der Waals surface area contributed by atoms with Crippen LogP contribution in [-0.2, 0) is 0 Å². The first-order valence-electron chi connectivity index (χ1n) is 6.07. The molecular formula is C15H14ClN3. The van der Waals surface area contributed by atoms with Crippen molar-refractivity contribution < 1.29 is 0 Å². The zero-order valence-corrected chi connectivity index (χ0v) is 11.5. The minimum absolute atomic E-state index is 0.562. The van der Waals surface area contributed by atoms with Gasteiger partial charge in [-0.05, 0) is 55.3 Å². The van der Waals surface area contributed by atoms with Crippen molar-refractivity contribution in [2.24, 2.45) is 0 Å². The standard InChI is InChI=1S/C15H14ClN3/c1-8-5-13-14(6-9(8)2)19-15(18-13)10-3-4-11(16)12(17)7-10/h3-7H,17H2,1-2H3,(H,18,19). The predicted molar refractivity (Wildman–Crippen MR) is 80.4 cm³/mol. The molecule has 0 fully saturated rings. The highest BCUT2D eigenvalue weighted by Gasteiger charge is 2.08. The van der Waals surface area contributed by atoms with E-state index in [4.69, 9.17) is 17.3 Å². The molecule has 96 valence electrons. The quantitative estimate of drug-likeness (QED) is 0.655. The van der Waals surface area contributed by atoms with Crippen LogP contribution >= 0.6 is 11.6 Å². The van der Waals surface area contributed by atoms with Gasteiger partial charge in [0.25, 0.3) is 0 Å². The highest BCUT2D eigenvalue weighted by Crippen LogP contribution is 2.27. The van der Waals surface area contributed by atoms with Crippen molar-refractivity contribution in [2.75, 3.05) is 5.73 Å². The largest absolute Gasteiger partial charge is 0.398 e. The molecule has 1 heterocycles. The number of nitrogens with two attached hydrogens (primary N) is 1. The SMILES string of the molecule is Cc1cc2nc(-c3ccc(Cl)c(N)c3)[nH]c2cc1C. The number of aromatic nitrogens is 2. The number of fused-ring (bicyclic) bond motifs is 1. The zero-order chi connectivity index (χ0) is 13.6. The van der Waals surface area contributed by atoms with Crippen LogP contribution in [0, 0.1) is 13.8 Å². The summed E-state index contributed by atoms with van der Waals surface area (Å²) in [5, 5.41) is 0.562. The average molecular weight is 272 g/mol. The van der Waals surface area contributed by atoms with Gasteiger partial charge >= 0.3 is 0 Å². The molecule has 0 spiro atoms. The lowest BCUT2D eigenvalue weighted by Crippen LogP contribution is -1.88. The Labute approximate surface area is 116 Å². The Kier molecular flexibility index (Phi) is 2.72. The smallest absolute Gasteiger partial charge is 0.138 e. The van der Waals surface area contributed by atoms with Crippen LogP contribution in [0.3, 0.4) is 0 Å². The Morgan fingerprint density at radius 1 is 1.11 bits per heavy atom. The highest BCUT2D eigenvalue weighted by molar-refractivity contribution is 6.33. The first kappa shape index (κ1) is 12.1. The van der Waals surface area contributed by atoms with Gasteiger partial charge in [-0.1, -0.05) is 11.6 Å². The van der Waals surface area contributed by atoms with E-state index >= 15 is 0 Å². The van der Waals surface area contributed by atoms with Gasteiger partial charge in [-0.3, -0.25) is 0 Å². The van der Waals surface area contributed by atoms with Gasteiger partial charge < -0.3 is 10.7 Å². The van der Waals surface area contributed by atoms with E-state index in [1.807, 2.05) is 12.1 Å². The Hall–Kier alpha value is -2.00. The molecule has 0 bridgehead atoms. The Morgan fingerprint density at radius 3 is 2.58 bits per heavy atom. The lowest BCUT2D eigenvalue weighted by Gasteiger charge is -2.00. The third-order valence-corrected chi connectivity index (χ3v) is 3.71. The number of H-pyrrole nitrogens is 1. The van der Waals surface area contributed by atoms with E-state index in [2.05, 4.69) is 35.9 Å². The molecule has 2 aromatic carbocycles. The molecule has 0 aliphatic heterocycles. The third kappa shape index (κ3) is 2.06. The van der Waals surface area contributed by atoms with Crippen LogP contribution in [-0.4, -0.2) is 9.97 Å². The summed E-state index contributed by atoms with van der Waals surface area (Å²) < 4.78 is 0. The summed E-state index contributed by atoms with van der Waals surface area (Å²) in [5.74, 6) is 0.809. The maximum Gasteiger partial charge on any atom is 0.138 e. The number of imidazole rings is 1. The van der Waals surface area contributed by atoms with Crippen molar-refractivity contribution >= 4 is 28.3 Å². The Morgan fingerprint density at radius 2 is 1.84 bits per heavy atom. The van der Waals surface area contributed by atoms with Gasteiger partial charge in [0.1, 0.15) is 5.82 Å². The third-order valence-electron chi connectivity index (χ3n) is 3.37. The summed E-state index contributed by atoms with van der Waals surface area (Å²) in [5.41, 5.74) is 11.8. The fourth-order valence-corrected chi connectivity index (χ4v) is 2.21. The van der Waals surface area contributed by atoms with Gasteiger partial charge in [0.2, 0.25) is 0 Å². The molecule has 0 saturated heterocycles. The number of rotatable bonds is 1. The number of hydrogen-bond acceptors (Lipinski definition) is 2. The highest BCUT2D eigenvalue weighted by atomic mass is 35.5. The molecule has 3 rings (SSSR count). The molecule has 0 amide bonds. The van der Waals surface area contributed by atoms with Crippen LogP contribution in [0.5, 0.6) is 0 Å². The number of nitrogens with zero attached hydrogens (tertiary/aromatic N) is 1. The molecule has 4 heteroatoms. The second-order valence-electron chi connectivity index (χ2n) is 4.78. The van der Waals surface area contributed by atoms with Crippen molar-refractivity contribution in [2.45, 2.75) is 13.8 Å². The first-order chi connectivity index (χ1) is 9.04. The lowest BCUT2D eigenvalue weighted by molar-refractivity contribution is 1.34. The molecule has 3 aromatic rings. The van der Waals surface area contributed by atoms with Crippen molar-refractivity contribution in [3.8, 4) is 11.4 Å². The molecular weight excluding hydrogens is 258 g/mol. The van der Waals surface area contributed by atoms with Crippen LogP contribution in [0.1, 0.15) is 11.1 Å². The van der Waals surface area contributed by atoms with Gasteiger partial charge in [-0.15, -0.1) is 0 Å². The lowest BCUT2D eigenvalue weighted by atomic mass is 10.1. The van der Waals surface area contributed by atoms with E-state index in [9.17, 15) is 0 Å². The zero-order valence-electron chi connectivity index (χ0n) is 10.8. The second-order valence-corrected chi connectivity index (χ2v) is 5.18. The summed E-state index contributed by atoms with van der Waals surface area (Å²) >= 11 is 5.93. The van der Waals surface area contributed by atoms with Gasteiger partial charge in [0.15, 0.2) is 0 Å². The normalized spacial score (nSPS) is 11.1. The number of halogens is 1. The minimum atomic E-state index is 0.562. The maximum atomic E-state index is 5.93. The Bertz CT molecular complexity index is 735. The van der Waals surface area contributed by atoms with Crippen LogP contribution in [0.4, 0.5) is 5.69 Å². The predicted octanol–water partition coefficient (Wildman–Crippen LogP) is 4.08. The molecule has 3 nitrogen and oxygen atoms in total. The molecule has 0 aliphatic rings. The maximum absolute atomic E-state index is 5.93. The number of aromatic amines is 1. The molecule has 0 saturated carbocycles. The van der Waals surface area contributed by atoms with Crippen molar-refractivity contribution in [1.82, 2.24) is 9.97 Å². The number of nitrogen functional groups attached to an aromatic ring is 1. The van der Waals surface area contributed by atoms with E-state index in [0.29, 0.717) is 10.7 Å². The summed E-state index contributed by atoms with van der Waals surface area (Å²) in [6, 6.07) is 9.73. The monoisotopic (exact) mass is 271 g/mol. The second kappa shape index (κ2) is 4.28. The van der Waals surface area contributed by atoms with E-state index in [1.54, 1.807) is 6.07 Å². The van der Waals surface area contributed by atoms with Crippen LogP contribution < -0.4 is 5.73 Å². The minimum Gasteiger partial charge on any atom is -0.398 e. The van der Waals surface area contributed by atoms with Crippen LogP contribution in [0.2, 0.25) is 5.02 Å². The molecule has 0 radical (unpaired) electrons. The van der Waals surface area contributed by atoms with Gasteiger partial charge in [0.05, 0.1) is 21.7 Å². The van der Waals surface area contributed by atoms with E-state index in [1.165, 1.54) is 11.1 Å². The summed E-state index contributed by atoms with van der Waals surface area (Å²) in [7, 11) is 0. The van der Waals surface area contributed by atoms with Gasteiger partial charge in [0, 0.05) is 5.56 Å². The molecule has 1 aromatic heterocycles. The van der Waals surface area contributed by atoms with Gasteiger partial charge in [-0.25, -0.2) is 4.98 Å². The summed E-state index contributed by atoms with van der Waals surface area (Å²) in [6.07, 6.45) is 0. The molecule has 3 N–H and O–H groups in total. The first-order valence-corrected chi connectivity index (χ1v) is 6.45. The fraction of sp³-hybridized carbons (Fsp3) is 0.133. The number of aryl methyl sites for hydroxylation is 2. The Balaban J connectivity index is 2.17. The van der Waals surface area contributed by atoms with Gasteiger partial charge in [-0.2, -0.15) is 0 Å². The number of hydrogen-bond donors (Lipinski definition) is 2. The van der Waals surface area contributed by atoms with E-state index in [0.717, 1.165) is 22.4 Å². The molecule has 19 heavy (non-hydrogen) atoms. The number of benzene rings is 2. The molecule has 0 unspecified atom stereocenters. The fourth-order valence-electron chi connectivity index (χ4n) is 2.10. The van der Waals surface area contributed by atoms with Crippen molar-refractivity contribution in [3.63, 3.8) is 0 Å². The van der Waals surface area contributed by atoms with Crippen molar-refractivity contribution in [3.05, 3.63) is 46.5 Å². The van der Waals surface area contributed by atoms with E-state index < -0.39 is 0 Å². The van der Waals surface area contributed by atoms with Crippen LogP contribution in [0.15, 0.2) is 30.3 Å². The number of anilines is 1. The van der Waals surface area contributed by atoms with Crippen molar-refractivity contribution in [1.29, 1.82) is 0 Å². The summed E-state index contributed by atoms with van der Waals surface area (Å²) in [6.45, 7) is 4.18. The molecule has 0 atom stereocenters. The average Bonchev–Trinajstić information content (AvgIpc) is 2.76. The molecule has 0 aliphatic carbocycles. The number of nitrogens with one attached hydrogen (secondary N) is 1. The van der Waals surface area contributed by atoms with E-state index in [-0.39, 0.29) is 0 Å². The topological polar surface area (TPSA) is 54.7 Å². The van der Waals surface area contributed by atoms with Crippen LogP contribution in [0.25, 0.3) is 22.4 Å². The summed E-state index contributed by atoms with van der Waals surface area (Å²) in [4.78, 5) is 7.92.